The molecule has 1 unspecified atom stereocenters. The maximum absolute atomic E-state index is 5.65. The molecule has 2 rings (SSSR count). The summed E-state index contributed by atoms with van der Waals surface area (Å²) < 4.78 is 5.24. The zero-order chi connectivity index (χ0) is 12.3. The maximum atomic E-state index is 5.65. The van der Waals surface area contributed by atoms with Crippen molar-refractivity contribution in [2.45, 2.75) is 26.2 Å². The molecule has 0 fully saturated rings. The lowest BCUT2D eigenvalue weighted by Gasteiger charge is -2.04. The summed E-state index contributed by atoms with van der Waals surface area (Å²) in [6.45, 7) is 4.53. The number of pyridine rings is 1. The topological polar surface area (TPSA) is 77.8 Å². The molecule has 0 saturated carbocycles. The van der Waals surface area contributed by atoms with Crippen molar-refractivity contribution in [3.05, 3.63) is 29.8 Å². The first-order valence-electron chi connectivity index (χ1n) is 5.72. The van der Waals surface area contributed by atoms with Crippen LogP contribution in [0.2, 0.25) is 0 Å². The molecular formula is C12H16N4O. The van der Waals surface area contributed by atoms with Gasteiger partial charge in [-0.2, -0.15) is 4.98 Å². The largest absolute Gasteiger partial charge is 0.339 e. The molecule has 2 N–H and O–H groups in total. The Balaban J connectivity index is 2.33. The third kappa shape index (κ3) is 2.34. The minimum atomic E-state index is 0.125. The summed E-state index contributed by atoms with van der Waals surface area (Å²) in [6, 6.07) is 3.85. The molecule has 5 nitrogen and oxygen atoms in total. The molecule has 0 aliphatic heterocycles. The van der Waals surface area contributed by atoms with Gasteiger partial charge in [-0.05, 0) is 25.0 Å². The molecule has 2 heterocycles. The first-order valence-corrected chi connectivity index (χ1v) is 5.72. The second kappa shape index (κ2) is 5.05. The minimum Gasteiger partial charge on any atom is -0.339 e. The van der Waals surface area contributed by atoms with Gasteiger partial charge in [0.1, 0.15) is 5.69 Å². The van der Waals surface area contributed by atoms with Gasteiger partial charge >= 0.3 is 0 Å². The van der Waals surface area contributed by atoms with E-state index in [4.69, 9.17) is 10.3 Å². The van der Waals surface area contributed by atoms with Crippen LogP contribution in [0, 0.1) is 6.92 Å². The van der Waals surface area contributed by atoms with Crippen molar-refractivity contribution in [2.75, 3.05) is 6.54 Å². The fourth-order valence-electron chi connectivity index (χ4n) is 1.66. The van der Waals surface area contributed by atoms with Crippen molar-refractivity contribution in [3.8, 4) is 11.5 Å². The van der Waals surface area contributed by atoms with Gasteiger partial charge in [0.2, 0.25) is 11.7 Å². The van der Waals surface area contributed by atoms with Gasteiger partial charge in [0.05, 0.1) is 5.92 Å². The highest BCUT2D eigenvalue weighted by Crippen LogP contribution is 2.21. The first-order chi connectivity index (χ1) is 8.26. The van der Waals surface area contributed by atoms with Crippen LogP contribution in [-0.4, -0.2) is 21.7 Å². The molecule has 0 aliphatic rings. The zero-order valence-corrected chi connectivity index (χ0v) is 10.1. The summed E-state index contributed by atoms with van der Waals surface area (Å²) in [7, 11) is 0. The Bertz CT molecular complexity index is 491. The average molecular weight is 232 g/mol. The second-order valence-corrected chi connectivity index (χ2v) is 3.97. The number of rotatable bonds is 4. The van der Waals surface area contributed by atoms with Crippen LogP contribution < -0.4 is 5.73 Å². The van der Waals surface area contributed by atoms with Crippen LogP contribution >= 0.6 is 0 Å². The van der Waals surface area contributed by atoms with E-state index in [0.717, 1.165) is 17.7 Å². The van der Waals surface area contributed by atoms with E-state index in [1.807, 2.05) is 26.0 Å². The maximum Gasteiger partial charge on any atom is 0.231 e. The van der Waals surface area contributed by atoms with Gasteiger partial charge in [0.15, 0.2) is 0 Å². The molecule has 2 aromatic heterocycles. The van der Waals surface area contributed by atoms with E-state index in [9.17, 15) is 0 Å². The molecule has 0 saturated heterocycles. The van der Waals surface area contributed by atoms with Crippen molar-refractivity contribution in [1.29, 1.82) is 0 Å². The third-order valence-corrected chi connectivity index (χ3v) is 2.79. The Morgan fingerprint density at radius 2 is 2.29 bits per heavy atom. The molecule has 17 heavy (non-hydrogen) atoms. The lowest BCUT2D eigenvalue weighted by Crippen LogP contribution is -2.11. The average Bonchev–Trinajstić information content (AvgIpc) is 2.81. The van der Waals surface area contributed by atoms with Crippen molar-refractivity contribution in [3.63, 3.8) is 0 Å². The highest BCUT2D eigenvalue weighted by Gasteiger charge is 2.17. The molecule has 5 heteroatoms. The SMILES string of the molecule is CCC(CN)c1nc(-c2ncccc2C)no1. The van der Waals surface area contributed by atoms with Crippen LogP contribution in [0.4, 0.5) is 0 Å². The van der Waals surface area contributed by atoms with E-state index >= 15 is 0 Å². The van der Waals surface area contributed by atoms with E-state index in [1.54, 1.807) is 6.20 Å². The van der Waals surface area contributed by atoms with Crippen LogP contribution in [0.3, 0.4) is 0 Å². The fraction of sp³-hybridized carbons (Fsp3) is 0.417. The quantitative estimate of drug-likeness (QED) is 0.870. The van der Waals surface area contributed by atoms with Crippen LogP contribution in [0.15, 0.2) is 22.9 Å². The highest BCUT2D eigenvalue weighted by molar-refractivity contribution is 5.53. The van der Waals surface area contributed by atoms with E-state index in [0.29, 0.717) is 18.3 Å². The highest BCUT2D eigenvalue weighted by atomic mass is 16.5. The number of hydrogen-bond acceptors (Lipinski definition) is 5. The molecule has 0 bridgehead atoms. The Hall–Kier alpha value is -1.75. The van der Waals surface area contributed by atoms with E-state index in [-0.39, 0.29) is 5.92 Å². The zero-order valence-electron chi connectivity index (χ0n) is 10.1. The number of nitrogens with zero attached hydrogens (tertiary/aromatic N) is 3. The number of aryl methyl sites for hydroxylation is 1. The van der Waals surface area contributed by atoms with Gasteiger partial charge in [0, 0.05) is 12.7 Å². The molecule has 1 atom stereocenters. The van der Waals surface area contributed by atoms with Gasteiger partial charge in [-0.25, -0.2) is 0 Å². The predicted molar refractivity (Wildman–Crippen MR) is 64.4 cm³/mol. The Kier molecular flexibility index (Phi) is 3.49. The fourth-order valence-corrected chi connectivity index (χ4v) is 1.66. The van der Waals surface area contributed by atoms with Crippen molar-refractivity contribution < 1.29 is 4.52 Å². The molecular weight excluding hydrogens is 216 g/mol. The normalized spacial score (nSPS) is 12.6. The summed E-state index contributed by atoms with van der Waals surface area (Å²) >= 11 is 0. The van der Waals surface area contributed by atoms with Crippen LogP contribution in [-0.2, 0) is 0 Å². The summed E-state index contributed by atoms with van der Waals surface area (Å²) in [4.78, 5) is 8.62. The van der Waals surface area contributed by atoms with E-state index in [2.05, 4.69) is 15.1 Å². The van der Waals surface area contributed by atoms with Crippen molar-refractivity contribution in [2.24, 2.45) is 5.73 Å². The van der Waals surface area contributed by atoms with Gasteiger partial charge < -0.3 is 10.3 Å². The number of hydrogen-bond donors (Lipinski definition) is 1. The van der Waals surface area contributed by atoms with Crippen LogP contribution in [0.25, 0.3) is 11.5 Å². The predicted octanol–water partition coefficient (Wildman–Crippen LogP) is 1.89. The molecule has 0 spiro atoms. The van der Waals surface area contributed by atoms with E-state index in [1.165, 1.54) is 0 Å². The Morgan fingerprint density at radius 3 is 2.94 bits per heavy atom. The standard InChI is InChI=1S/C12H16N4O/c1-3-9(7-13)12-15-11(16-17-12)10-8(2)5-4-6-14-10/h4-6,9H,3,7,13H2,1-2H3. The van der Waals surface area contributed by atoms with Crippen LogP contribution in [0.1, 0.15) is 30.7 Å². The summed E-state index contributed by atoms with van der Waals surface area (Å²) in [6.07, 6.45) is 2.61. The minimum absolute atomic E-state index is 0.125. The van der Waals surface area contributed by atoms with Crippen molar-refractivity contribution >= 4 is 0 Å². The van der Waals surface area contributed by atoms with Gasteiger partial charge in [-0.3, -0.25) is 4.98 Å². The number of nitrogens with two attached hydrogens (primary N) is 1. The molecule has 0 aromatic carbocycles. The van der Waals surface area contributed by atoms with Gasteiger partial charge in [-0.1, -0.05) is 18.1 Å². The second-order valence-electron chi connectivity index (χ2n) is 3.97. The summed E-state index contributed by atoms with van der Waals surface area (Å²) in [5.74, 6) is 1.25. The van der Waals surface area contributed by atoms with E-state index < -0.39 is 0 Å². The molecule has 0 radical (unpaired) electrons. The molecule has 2 aromatic rings. The summed E-state index contributed by atoms with van der Waals surface area (Å²) in [5.41, 5.74) is 7.44. The molecule has 90 valence electrons. The Morgan fingerprint density at radius 1 is 1.47 bits per heavy atom. The number of aromatic nitrogens is 3. The smallest absolute Gasteiger partial charge is 0.231 e. The first kappa shape index (κ1) is 11.7. The van der Waals surface area contributed by atoms with Crippen molar-refractivity contribution in [1.82, 2.24) is 15.1 Å². The third-order valence-electron chi connectivity index (χ3n) is 2.79. The molecule has 0 aliphatic carbocycles. The lowest BCUT2D eigenvalue weighted by atomic mass is 10.1. The Labute approximate surface area is 100 Å². The van der Waals surface area contributed by atoms with Gasteiger partial charge in [-0.15, -0.1) is 0 Å². The van der Waals surface area contributed by atoms with Crippen LogP contribution in [0.5, 0.6) is 0 Å². The summed E-state index contributed by atoms with van der Waals surface area (Å²) in [5, 5.41) is 3.96. The molecule has 0 amide bonds. The monoisotopic (exact) mass is 232 g/mol. The van der Waals surface area contributed by atoms with Gasteiger partial charge in [0.25, 0.3) is 0 Å². The lowest BCUT2D eigenvalue weighted by molar-refractivity contribution is 0.351.